The van der Waals surface area contributed by atoms with E-state index in [-0.39, 0.29) is 22.9 Å². The van der Waals surface area contributed by atoms with Crippen LogP contribution >= 0.6 is 11.8 Å². The number of benzene rings is 2. The van der Waals surface area contributed by atoms with Gasteiger partial charge < -0.3 is 9.88 Å². The highest BCUT2D eigenvalue weighted by Crippen LogP contribution is 2.19. The van der Waals surface area contributed by atoms with Gasteiger partial charge in [0.15, 0.2) is 0 Å². The second kappa shape index (κ2) is 7.15. The van der Waals surface area contributed by atoms with Gasteiger partial charge in [-0.15, -0.1) is 11.8 Å². The van der Waals surface area contributed by atoms with Gasteiger partial charge in [-0.05, 0) is 43.0 Å². The number of amides is 1. The number of aromatic nitrogens is 1. The highest BCUT2D eigenvalue weighted by Gasteiger charge is 2.17. The van der Waals surface area contributed by atoms with Crippen molar-refractivity contribution in [1.29, 1.82) is 0 Å². The van der Waals surface area contributed by atoms with E-state index in [4.69, 9.17) is 0 Å². The van der Waals surface area contributed by atoms with E-state index in [2.05, 4.69) is 5.32 Å². The average Bonchev–Trinajstić information content (AvgIpc) is 2.64. The van der Waals surface area contributed by atoms with Crippen molar-refractivity contribution in [3.8, 4) is 0 Å². The van der Waals surface area contributed by atoms with E-state index >= 15 is 0 Å². The highest BCUT2D eigenvalue weighted by atomic mass is 32.2. The number of aryl methyl sites for hydroxylation is 1. The van der Waals surface area contributed by atoms with Crippen LogP contribution in [-0.4, -0.2) is 16.7 Å². The molecule has 5 heteroatoms. The van der Waals surface area contributed by atoms with Crippen LogP contribution < -0.4 is 10.7 Å². The van der Waals surface area contributed by atoms with Gasteiger partial charge in [0.1, 0.15) is 5.56 Å². The maximum atomic E-state index is 12.6. The summed E-state index contributed by atoms with van der Waals surface area (Å²) in [4.78, 5) is 26.5. The Balaban J connectivity index is 1.89. The lowest BCUT2D eigenvalue weighted by atomic mass is 10.1. The standard InChI is InChI=1S/C20H20N2O2S/c1-13(14-8-10-15(25-3)11-9-14)21-20(24)17-12-22(2)18-7-5-4-6-16(18)19(17)23/h4-13H,1-3H3,(H,21,24)/t13-/m1/s1. The number of rotatable bonds is 4. The van der Waals surface area contributed by atoms with Crippen LogP contribution in [0.15, 0.2) is 64.4 Å². The van der Waals surface area contributed by atoms with Gasteiger partial charge in [0.2, 0.25) is 5.43 Å². The number of carbonyl (C=O) groups excluding carboxylic acids is 1. The topological polar surface area (TPSA) is 51.1 Å². The Kier molecular flexibility index (Phi) is 4.95. The van der Waals surface area contributed by atoms with Crippen LogP contribution in [0.1, 0.15) is 28.9 Å². The molecule has 128 valence electrons. The van der Waals surface area contributed by atoms with Crippen LogP contribution in [0.4, 0.5) is 0 Å². The molecule has 1 heterocycles. The number of para-hydroxylation sites is 1. The van der Waals surface area contributed by atoms with E-state index < -0.39 is 0 Å². The van der Waals surface area contributed by atoms with Crippen molar-refractivity contribution >= 4 is 28.6 Å². The zero-order chi connectivity index (χ0) is 18.0. The van der Waals surface area contributed by atoms with Crippen molar-refractivity contribution in [3.05, 3.63) is 76.1 Å². The third-order valence-corrected chi connectivity index (χ3v) is 5.05. The molecule has 2 aromatic carbocycles. The van der Waals surface area contributed by atoms with Crippen molar-refractivity contribution in [2.24, 2.45) is 7.05 Å². The van der Waals surface area contributed by atoms with Crippen LogP contribution in [0, 0.1) is 0 Å². The van der Waals surface area contributed by atoms with Crippen molar-refractivity contribution in [2.75, 3.05) is 6.26 Å². The van der Waals surface area contributed by atoms with Crippen molar-refractivity contribution in [3.63, 3.8) is 0 Å². The van der Waals surface area contributed by atoms with E-state index in [1.54, 1.807) is 30.1 Å². The zero-order valence-electron chi connectivity index (χ0n) is 14.4. The molecule has 0 aliphatic rings. The SMILES string of the molecule is CSc1ccc([C@@H](C)NC(=O)c2cn(C)c3ccccc3c2=O)cc1. The van der Waals surface area contributed by atoms with Gasteiger partial charge in [0, 0.05) is 23.5 Å². The lowest BCUT2D eigenvalue weighted by Gasteiger charge is -2.15. The smallest absolute Gasteiger partial charge is 0.257 e. The van der Waals surface area contributed by atoms with E-state index in [0.717, 1.165) is 11.1 Å². The van der Waals surface area contributed by atoms with Gasteiger partial charge >= 0.3 is 0 Å². The molecule has 0 saturated heterocycles. The number of hydrogen-bond acceptors (Lipinski definition) is 3. The molecule has 0 spiro atoms. The van der Waals surface area contributed by atoms with Crippen molar-refractivity contribution < 1.29 is 4.79 Å². The first kappa shape index (κ1) is 17.3. The summed E-state index contributed by atoms with van der Waals surface area (Å²) in [5.74, 6) is -0.354. The molecule has 3 rings (SSSR count). The molecule has 0 aliphatic carbocycles. The minimum absolute atomic E-state index is 0.161. The van der Waals surface area contributed by atoms with Crippen LogP contribution in [0.5, 0.6) is 0 Å². The van der Waals surface area contributed by atoms with E-state index in [9.17, 15) is 9.59 Å². The summed E-state index contributed by atoms with van der Waals surface area (Å²) in [6, 6.07) is 15.2. The summed E-state index contributed by atoms with van der Waals surface area (Å²) in [6.45, 7) is 1.91. The first-order chi connectivity index (χ1) is 12.0. The second-order valence-corrected chi connectivity index (χ2v) is 6.85. The average molecular weight is 352 g/mol. The third-order valence-electron chi connectivity index (χ3n) is 4.30. The van der Waals surface area contributed by atoms with Gasteiger partial charge in [0.25, 0.3) is 5.91 Å². The number of carbonyl (C=O) groups is 1. The summed E-state index contributed by atoms with van der Waals surface area (Å²) in [5, 5.41) is 3.47. The predicted molar refractivity (Wildman–Crippen MR) is 103 cm³/mol. The highest BCUT2D eigenvalue weighted by molar-refractivity contribution is 7.98. The minimum atomic E-state index is -0.354. The molecule has 0 radical (unpaired) electrons. The number of pyridine rings is 1. The lowest BCUT2D eigenvalue weighted by molar-refractivity contribution is 0.0938. The molecule has 3 aromatic rings. The number of fused-ring (bicyclic) bond motifs is 1. The molecule has 25 heavy (non-hydrogen) atoms. The normalized spacial score (nSPS) is 12.1. The Morgan fingerprint density at radius 2 is 1.80 bits per heavy atom. The number of thioether (sulfide) groups is 1. The van der Waals surface area contributed by atoms with Crippen LogP contribution in [-0.2, 0) is 7.05 Å². The molecule has 0 fully saturated rings. The quantitative estimate of drug-likeness (QED) is 0.728. The largest absolute Gasteiger partial charge is 0.350 e. The number of hydrogen-bond donors (Lipinski definition) is 1. The number of nitrogens with zero attached hydrogens (tertiary/aromatic N) is 1. The third kappa shape index (κ3) is 3.46. The molecule has 0 saturated carbocycles. The summed E-state index contributed by atoms with van der Waals surface area (Å²) >= 11 is 1.67. The summed E-state index contributed by atoms with van der Waals surface area (Å²) in [6.07, 6.45) is 3.62. The fourth-order valence-electron chi connectivity index (χ4n) is 2.85. The first-order valence-electron chi connectivity index (χ1n) is 8.04. The second-order valence-electron chi connectivity index (χ2n) is 5.97. The summed E-state index contributed by atoms with van der Waals surface area (Å²) in [5.41, 5.74) is 1.73. The fraction of sp³-hybridized carbons (Fsp3) is 0.200. The van der Waals surface area contributed by atoms with Crippen molar-refractivity contribution in [2.45, 2.75) is 17.9 Å². The van der Waals surface area contributed by atoms with E-state index in [1.807, 2.05) is 61.2 Å². The molecule has 0 aliphatic heterocycles. The maximum Gasteiger partial charge on any atom is 0.257 e. The van der Waals surface area contributed by atoms with Crippen LogP contribution in [0.3, 0.4) is 0 Å². The molecular formula is C20H20N2O2S. The lowest BCUT2D eigenvalue weighted by Crippen LogP contribution is -2.31. The molecule has 1 aromatic heterocycles. The fourth-order valence-corrected chi connectivity index (χ4v) is 3.26. The van der Waals surface area contributed by atoms with Gasteiger partial charge in [-0.2, -0.15) is 0 Å². The van der Waals surface area contributed by atoms with Gasteiger partial charge in [-0.25, -0.2) is 0 Å². The molecule has 0 bridgehead atoms. The first-order valence-corrected chi connectivity index (χ1v) is 9.27. The monoisotopic (exact) mass is 352 g/mol. The maximum absolute atomic E-state index is 12.6. The predicted octanol–water partition coefficient (Wildman–Crippen LogP) is 3.75. The summed E-state index contributed by atoms with van der Waals surface area (Å²) in [7, 11) is 1.84. The molecule has 4 nitrogen and oxygen atoms in total. The number of nitrogens with one attached hydrogen (secondary N) is 1. The molecule has 1 amide bonds. The van der Waals surface area contributed by atoms with Gasteiger partial charge in [0.05, 0.1) is 11.6 Å². The van der Waals surface area contributed by atoms with E-state index in [1.165, 1.54) is 4.90 Å². The van der Waals surface area contributed by atoms with E-state index in [0.29, 0.717) is 5.39 Å². The molecule has 1 atom stereocenters. The van der Waals surface area contributed by atoms with Gasteiger partial charge in [-0.1, -0.05) is 24.3 Å². The molecule has 0 unspecified atom stereocenters. The Morgan fingerprint density at radius 1 is 1.12 bits per heavy atom. The Hall–Kier alpha value is -2.53. The minimum Gasteiger partial charge on any atom is -0.350 e. The Morgan fingerprint density at radius 3 is 2.48 bits per heavy atom. The van der Waals surface area contributed by atoms with Gasteiger partial charge in [-0.3, -0.25) is 9.59 Å². The Bertz CT molecular complexity index is 977. The Labute approximate surface area is 150 Å². The van der Waals surface area contributed by atoms with Crippen LogP contribution in [0.25, 0.3) is 10.9 Å². The van der Waals surface area contributed by atoms with Crippen molar-refractivity contribution in [1.82, 2.24) is 9.88 Å². The molecule has 1 N–H and O–H groups in total. The zero-order valence-corrected chi connectivity index (χ0v) is 15.3. The summed E-state index contributed by atoms with van der Waals surface area (Å²) < 4.78 is 1.81. The van der Waals surface area contributed by atoms with Crippen LogP contribution in [0.2, 0.25) is 0 Å². The molecular weight excluding hydrogens is 332 g/mol.